The van der Waals surface area contributed by atoms with Crippen LogP contribution in [0.15, 0.2) is 30.3 Å². The Morgan fingerprint density at radius 3 is 2.36 bits per heavy atom. The van der Waals surface area contributed by atoms with Crippen LogP contribution >= 0.6 is 0 Å². The fraction of sp³-hybridized carbons (Fsp3) is 0.438. The first-order chi connectivity index (χ1) is 10.1. The van der Waals surface area contributed by atoms with Crippen molar-refractivity contribution in [3.63, 3.8) is 0 Å². The number of amides is 3. The average molecular weight is 304 g/mol. The zero-order valence-electron chi connectivity index (χ0n) is 13.2. The predicted octanol–water partition coefficient (Wildman–Crippen LogP) is 1.80. The Labute approximate surface area is 129 Å². The van der Waals surface area contributed by atoms with Crippen molar-refractivity contribution in [2.75, 3.05) is 6.54 Å². The lowest BCUT2D eigenvalue weighted by atomic mass is 9.92. The summed E-state index contributed by atoms with van der Waals surface area (Å²) in [4.78, 5) is 37.4. The van der Waals surface area contributed by atoms with Gasteiger partial charge in [0.1, 0.15) is 17.7 Å². The smallest absolute Gasteiger partial charge is 0.326 e. The van der Waals surface area contributed by atoms with E-state index in [4.69, 9.17) is 4.74 Å². The van der Waals surface area contributed by atoms with Crippen molar-refractivity contribution in [1.29, 1.82) is 0 Å². The molecule has 1 aromatic carbocycles. The molecule has 1 unspecified atom stereocenters. The molecular weight excluding hydrogens is 284 g/mol. The van der Waals surface area contributed by atoms with Gasteiger partial charge in [0.2, 0.25) is 0 Å². The molecule has 118 valence electrons. The number of hydrogen-bond acceptors (Lipinski definition) is 4. The Kier molecular flexibility index (Phi) is 3.96. The summed E-state index contributed by atoms with van der Waals surface area (Å²) in [6.45, 7) is 6.41. The molecule has 3 amide bonds. The van der Waals surface area contributed by atoms with Crippen LogP contribution in [0.25, 0.3) is 0 Å². The first-order valence-electron chi connectivity index (χ1n) is 7.05. The molecule has 1 fully saturated rings. The fourth-order valence-electron chi connectivity index (χ4n) is 2.31. The third kappa shape index (κ3) is 3.10. The highest BCUT2D eigenvalue weighted by molar-refractivity contribution is 6.08. The minimum atomic E-state index is -1.17. The number of nitrogens with one attached hydrogen (secondary N) is 1. The molecule has 1 aliphatic rings. The fourth-order valence-corrected chi connectivity index (χ4v) is 2.31. The van der Waals surface area contributed by atoms with Crippen molar-refractivity contribution in [3.8, 4) is 0 Å². The van der Waals surface area contributed by atoms with E-state index in [0.29, 0.717) is 5.56 Å². The first kappa shape index (κ1) is 16.0. The van der Waals surface area contributed by atoms with Crippen molar-refractivity contribution in [2.45, 2.75) is 38.8 Å². The molecule has 1 N–H and O–H groups in total. The van der Waals surface area contributed by atoms with Crippen LogP contribution in [0.2, 0.25) is 0 Å². The predicted molar refractivity (Wildman–Crippen MR) is 79.9 cm³/mol. The van der Waals surface area contributed by atoms with E-state index in [0.717, 1.165) is 4.90 Å². The highest BCUT2D eigenvalue weighted by Gasteiger charge is 2.49. The molecule has 0 saturated carbocycles. The second-order valence-corrected chi connectivity index (χ2v) is 6.40. The molecule has 1 saturated heterocycles. The van der Waals surface area contributed by atoms with Crippen molar-refractivity contribution in [2.24, 2.45) is 0 Å². The topological polar surface area (TPSA) is 75.7 Å². The standard InChI is InChI=1S/C16H20N2O4/c1-15(2,3)22-12(19)10-18-13(20)16(4,17-14(18)21)11-8-6-5-7-9-11/h5-9H,10H2,1-4H3,(H,17,21). The molecule has 1 heterocycles. The van der Waals surface area contributed by atoms with Crippen LogP contribution in [-0.4, -0.2) is 35.0 Å². The Morgan fingerprint density at radius 1 is 1.23 bits per heavy atom. The Morgan fingerprint density at radius 2 is 1.82 bits per heavy atom. The van der Waals surface area contributed by atoms with Crippen molar-refractivity contribution in [1.82, 2.24) is 10.2 Å². The SMILES string of the molecule is CC(C)(C)OC(=O)CN1C(=O)NC(C)(c2ccccc2)C1=O. The summed E-state index contributed by atoms with van der Waals surface area (Å²) in [6.07, 6.45) is 0. The summed E-state index contributed by atoms with van der Waals surface area (Å²) < 4.78 is 5.16. The van der Waals surface area contributed by atoms with Gasteiger partial charge in [-0.3, -0.25) is 14.5 Å². The molecule has 6 heteroatoms. The summed E-state index contributed by atoms with van der Waals surface area (Å²) in [5.74, 6) is -1.08. The van der Waals surface area contributed by atoms with E-state index in [2.05, 4.69) is 5.32 Å². The minimum Gasteiger partial charge on any atom is -0.459 e. The minimum absolute atomic E-state index is 0.398. The number of carbonyl (C=O) groups excluding carboxylic acids is 3. The largest absolute Gasteiger partial charge is 0.459 e. The third-order valence-electron chi connectivity index (χ3n) is 3.33. The van der Waals surface area contributed by atoms with Gasteiger partial charge in [0.25, 0.3) is 5.91 Å². The van der Waals surface area contributed by atoms with E-state index < -0.39 is 35.6 Å². The Bertz CT molecular complexity index is 606. The highest BCUT2D eigenvalue weighted by atomic mass is 16.6. The number of ether oxygens (including phenoxy) is 1. The van der Waals surface area contributed by atoms with E-state index in [9.17, 15) is 14.4 Å². The van der Waals surface area contributed by atoms with Crippen molar-refractivity contribution < 1.29 is 19.1 Å². The second kappa shape index (κ2) is 5.44. The maximum absolute atomic E-state index is 12.6. The second-order valence-electron chi connectivity index (χ2n) is 6.40. The molecule has 2 rings (SSSR count). The summed E-state index contributed by atoms with van der Waals surface area (Å²) >= 11 is 0. The number of carbonyl (C=O) groups is 3. The number of hydrogen-bond donors (Lipinski definition) is 1. The maximum atomic E-state index is 12.6. The maximum Gasteiger partial charge on any atom is 0.326 e. The van der Waals surface area contributed by atoms with E-state index >= 15 is 0 Å². The van der Waals surface area contributed by atoms with Crippen molar-refractivity contribution >= 4 is 17.9 Å². The highest BCUT2D eigenvalue weighted by Crippen LogP contribution is 2.28. The lowest BCUT2D eigenvalue weighted by Gasteiger charge is -2.23. The number of imide groups is 1. The molecule has 0 aliphatic carbocycles. The molecular formula is C16H20N2O4. The van der Waals surface area contributed by atoms with Gasteiger partial charge < -0.3 is 10.1 Å². The van der Waals surface area contributed by atoms with Crippen LogP contribution in [0.3, 0.4) is 0 Å². The normalized spacial score (nSPS) is 21.7. The van der Waals surface area contributed by atoms with Crippen LogP contribution in [0, 0.1) is 0 Å². The van der Waals surface area contributed by atoms with Crippen molar-refractivity contribution in [3.05, 3.63) is 35.9 Å². The average Bonchev–Trinajstić information content (AvgIpc) is 2.62. The Hall–Kier alpha value is -2.37. The lowest BCUT2D eigenvalue weighted by Crippen LogP contribution is -2.42. The van der Waals surface area contributed by atoms with E-state index in [1.807, 2.05) is 6.07 Å². The summed E-state index contributed by atoms with van der Waals surface area (Å²) in [5.41, 5.74) is -1.17. The summed E-state index contributed by atoms with van der Waals surface area (Å²) in [5, 5.41) is 2.64. The Balaban J connectivity index is 2.18. The molecule has 6 nitrogen and oxygen atoms in total. The van der Waals surface area contributed by atoms with Gasteiger partial charge in [-0.1, -0.05) is 30.3 Å². The number of nitrogens with zero attached hydrogens (tertiary/aromatic N) is 1. The first-order valence-corrected chi connectivity index (χ1v) is 7.05. The zero-order chi connectivity index (χ0) is 16.5. The van der Waals surface area contributed by atoms with Gasteiger partial charge in [-0.25, -0.2) is 4.79 Å². The van der Waals surface area contributed by atoms with Gasteiger partial charge in [0, 0.05) is 0 Å². The summed E-state index contributed by atoms with van der Waals surface area (Å²) in [7, 11) is 0. The molecule has 1 aliphatic heterocycles. The molecule has 1 atom stereocenters. The van der Waals surface area contributed by atoms with Crippen LogP contribution in [-0.2, 0) is 19.9 Å². The van der Waals surface area contributed by atoms with Gasteiger partial charge >= 0.3 is 12.0 Å². The van der Waals surface area contributed by atoms with Crippen LogP contribution in [0.5, 0.6) is 0 Å². The molecule has 0 radical (unpaired) electrons. The van der Waals surface area contributed by atoms with E-state index in [1.54, 1.807) is 52.0 Å². The molecule has 0 aromatic heterocycles. The van der Waals surface area contributed by atoms with E-state index in [1.165, 1.54) is 0 Å². The molecule has 0 spiro atoms. The quantitative estimate of drug-likeness (QED) is 0.682. The van der Waals surface area contributed by atoms with Crippen LogP contribution in [0.1, 0.15) is 33.3 Å². The van der Waals surface area contributed by atoms with Gasteiger partial charge in [-0.15, -0.1) is 0 Å². The van der Waals surface area contributed by atoms with Gasteiger partial charge in [0.05, 0.1) is 0 Å². The number of urea groups is 1. The van der Waals surface area contributed by atoms with Crippen LogP contribution < -0.4 is 5.32 Å². The monoisotopic (exact) mass is 304 g/mol. The third-order valence-corrected chi connectivity index (χ3v) is 3.33. The molecule has 22 heavy (non-hydrogen) atoms. The zero-order valence-corrected chi connectivity index (χ0v) is 13.2. The van der Waals surface area contributed by atoms with Gasteiger partial charge in [-0.05, 0) is 33.3 Å². The number of esters is 1. The molecule has 0 bridgehead atoms. The lowest BCUT2D eigenvalue weighted by molar-refractivity contribution is -0.157. The van der Waals surface area contributed by atoms with E-state index in [-0.39, 0.29) is 0 Å². The summed E-state index contributed by atoms with van der Waals surface area (Å²) in [6, 6.07) is 8.33. The van der Waals surface area contributed by atoms with Gasteiger partial charge in [-0.2, -0.15) is 0 Å². The number of rotatable bonds is 3. The molecule has 1 aromatic rings. The van der Waals surface area contributed by atoms with Gasteiger partial charge in [0.15, 0.2) is 0 Å². The number of benzene rings is 1. The van der Waals surface area contributed by atoms with Crippen LogP contribution in [0.4, 0.5) is 4.79 Å².